The van der Waals surface area contributed by atoms with Gasteiger partial charge >= 0.3 is 0 Å². The molecular formula is C17H18N4O2. The van der Waals surface area contributed by atoms with E-state index in [1.54, 1.807) is 26.6 Å². The number of rotatable bonds is 4. The molecule has 0 amide bonds. The molecule has 0 aliphatic carbocycles. The molecule has 1 saturated heterocycles. The Morgan fingerprint density at radius 3 is 2.48 bits per heavy atom. The van der Waals surface area contributed by atoms with Gasteiger partial charge in [-0.15, -0.1) is 0 Å². The highest BCUT2D eigenvalue weighted by molar-refractivity contribution is 5.51. The lowest BCUT2D eigenvalue weighted by molar-refractivity contribution is 0.393. The van der Waals surface area contributed by atoms with Gasteiger partial charge in [-0.25, -0.2) is 9.97 Å². The second-order valence-corrected chi connectivity index (χ2v) is 5.42. The van der Waals surface area contributed by atoms with Gasteiger partial charge in [0.1, 0.15) is 17.6 Å². The molecule has 1 aromatic heterocycles. The average Bonchev–Trinajstić information content (AvgIpc) is 3.11. The molecule has 1 aliphatic rings. The number of hydrogen-bond acceptors (Lipinski definition) is 6. The molecular weight excluding hydrogens is 292 g/mol. The third-order valence-corrected chi connectivity index (χ3v) is 4.12. The Hall–Kier alpha value is -2.81. The van der Waals surface area contributed by atoms with Gasteiger partial charge in [0.05, 0.1) is 14.2 Å². The van der Waals surface area contributed by atoms with E-state index in [9.17, 15) is 5.26 Å². The normalized spacial score (nSPS) is 16.9. The molecule has 1 atom stereocenters. The topological polar surface area (TPSA) is 71.3 Å². The zero-order valence-corrected chi connectivity index (χ0v) is 13.2. The number of benzene rings is 1. The van der Waals surface area contributed by atoms with Gasteiger partial charge in [0.15, 0.2) is 11.5 Å². The molecule has 0 unspecified atom stereocenters. The van der Waals surface area contributed by atoms with Gasteiger partial charge in [0.2, 0.25) is 0 Å². The zero-order chi connectivity index (χ0) is 16.2. The minimum atomic E-state index is 0.340. The Morgan fingerprint density at radius 1 is 1.13 bits per heavy atom. The summed E-state index contributed by atoms with van der Waals surface area (Å²) in [6.45, 7) is 1.64. The van der Waals surface area contributed by atoms with Crippen LogP contribution in [0.1, 0.15) is 23.6 Å². The number of ether oxygens (including phenoxy) is 2. The largest absolute Gasteiger partial charge is 0.497 e. The Labute approximate surface area is 135 Å². The third kappa shape index (κ3) is 3.04. The summed E-state index contributed by atoms with van der Waals surface area (Å²) in [5, 5.41) is 9.19. The molecule has 23 heavy (non-hydrogen) atoms. The number of anilines is 1. The first-order valence-electron chi connectivity index (χ1n) is 7.44. The van der Waals surface area contributed by atoms with Crippen LogP contribution in [-0.2, 0) is 0 Å². The SMILES string of the molecule is COc1cc(OC)cc([C@@H]2CCN(c3nccnc3C#N)C2)c1. The fraction of sp³-hybridized carbons (Fsp3) is 0.353. The van der Waals surface area contributed by atoms with Crippen LogP contribution >= 0.6 is 0 Å². The number of methoxy groups -OCH3 is 2. The van der Waals surface area contributed by atoms with E-state index >= 15 is 0 Å². The molecule has 6 nitrogen and oxygen atoms in total. The maximum atomic E-state index is 9.19. The quantitative estimate of drug-likeness (QED) is 0.863. The molecule has 3 rings (SSSR count). The second kappa shape index (κ2) is 6.53. The molecule has 0 N–H and O–H groups in total. The van der Waals surface area contributed by atoms with E-state index in [0.29, 0.717) is 17.4 Å². The van der Waals surface area contributed by atoms with Crippen LogP contribution < -0.4 is 14.4 Å². The van der Waals surface area contributed by atoms with E-state index in [-0.39, 0.29) is 0 Å². The first-order chi connectivity index (χ1) is 11.2. The van der Waals surface area contributed by atoms with Gasteiger partial charge in [-0.3, -0.25) is 0 Å². The molecule has 118 valence electrons. The first-order valence-corrected chi connectivity index (χ1v) is 7.44. The fourth-order valence-electron chi connectivity index (χ4n) is 2.93. The highest BCUT2D eigenvalue weighted by Gasteiger charge is 2.27. The predicted octanol–water partition coefficient (Wildman–Crippen LogP) is 2.36. The summed E-state index contributed by atoms with van der Waals surface area (Å²) in [4.78, 5) is 10.5. The Morgan fingerprint density at radius 2 is 1.83 bits per heavy atom. The van der Waals surface area contributed by atoms with Crippen molar-refractivity contribution in [2.24, 2.45) is 0 Å². The van der Waals surface area contributed by atoms with Gasteiger partial charge in [0, 0.05) is 37.5 Å². The van der Waals surface area contributed by atoms with Crippen LogP contribution in [0.2, 0.25) is 0 Å². The van der Waals surface area contributed by atoms with Gasteiger partial charge in [-0.2, -0.15) is 5.26 Å². The molecule has 2 aromatic rings. The molecule has 6 heteroatoms. The summed E-state index contributed by atoms with van der Waals surface area (Å²) < 4.78 is 10.7. The molecule has 0 spiro atoms. The first kappa shape index (κ1) is 15.1. The lowest BCUT2D eigenvalue weighted by Gasteiger charge is -2.18. The van der Waals surface area contributed by atoms with E-state index < -0.39 is 0 Å². The molecule has 0 radical (unpaired) electrons. The highest BCUT2D eigenvalue weighted by Crippen LogP contribution is 2.34. The molecule has 0 bridgehead atoms. The van der Waals surface area contributed by atoms with E-state index in [0.717, 1.165) is 31.0 Å². The molecule has 1 fully saturated rings. The van der Waals surface area contributed by atoms with Gasteiger partial charge in [0.25, 0.3) is 0 Å². The van der Waals surface area contributed by atoms with Crippen molar-refractivity contribution in [3.63, 3.8) is 0 Å². The lowest BCUT2D eigenvalue weighted by atomic mass is 9.98. The summed E-state index contributed by atoms with van der Waals surface area (Å²) in [6, 6.07) is 8.06. The molecule has 1 aromatic carbocycles. The van der Waals surface area contributed by atoms with Crippen LogP contribution in [0.25, 0.3) is 0 Å². The van der Waals surface area contributed by atoms with Crippen LogP contribution in [0.15, 0.2) is 30.6 Å². The van der Waals surface area contributed by atoms with Crippen molar-refractivity contribution in [1.82, 2.24) is 9.97 Å². The second-order valence-electron chi connectivity index (χ2n) is 5.42. The number of nitriles is 1. The standard InChI is InChI=1S/C17H18N4O2/c1-22-14-7-13(8-15(9-14)23-2)12-3-6-21(11-12)17-16(10-18)19-4-5-20-17/h4-5,7-9,12H,3,6,11H2,1-2H3/t12-/m1/s1. The van der Waals surface area contributed by atoms with Crippen molar-refractivity contribution in [1.29, 1.82) is 5.26 Å². The summed E-state index contributed by atoms with van der Waals surface area (Å²) in [6.07, 6.45) is 4.15. The third-order valence-electron chi connectivity index (χ3n) is 4.12. The van der Waals surface area contributed by atoms with Crippen LogP contribution in [0.5, 0.6) is 11.5 Å². The average molecular weight is 310 g/mol. The Balaban J connectivity index is 1.84. The minimum absolute atomic E-state index is 0.340. The van der Waals surface area contributed by atoms with Crippen molar-refractivity contribution in [3.8, 4) is 17.6 Å². The van der Waals surface area contributed by atoms with Crippen molar-refractivity contribution >= 4 is 5.82 Å². The van der Waals surface area contributed by atoms with Crippen LogP contribution in [0.3, 0.4) is 0 Å². The molecule has 1 aliphatic heterocycles. The van der Waals surface area contributed by atoms with Gasteiger partial charge in [-0.1, -0.05) is 0 Å². The van der Waals surface area contributed by atoms with E-state index in [4.69, 9.17) is 9.47 Å². The van der Waals surface area contributed by atoms with Gasteiger partial charge < -0.3 is 14.4 Å². The smallest absolute Gasteiger partial charge is 0.183 e. The number of hydrogen-bond donors (Lipinski definition) is 0. The van der Waals surface area contributed by atoms with E-state index in [1.165, 1.54) is 5.56 Å². The Kier molecular flexibility index (Phi) is 4.29. The van der Waals surface area contributed by atoms with Crippen LogP contribution in [0, 0.1) is 11.3 Å². The van der Waals surface area contributed by atoms with Crippen molar-refractivity contribution in [2.45, 2.75) is 12.3 Å². The fourth-order valence-corrected chi connectivity index (χ4v) is 2.93. The van der Waals surface area contributed by atoms with E-state index in [2.05, 4.69) is 20.9 Å². The molecule has 0 saturated carbocycles. The number of nitrogens with zero attached hydrogens (tertiary/aromatic N) is 4. The van der Waals surface area contributed by atoms with Crippen molar-refractivity contribution in [3.05, 3.63) is 41.9 Å². The summed E-state index contributed by atoms with van der Waals surface area (Å²) in [5.41, 5.74) is 1.54. The minimum Gasteiger partial charge on any atom is -0.497 e. The van der Waals surface area contributed by atoms with Crippen LogP contribution in [-0.4, -0.2) is 37.3 Å². The van der Waals surface area contributed by atoms with E-state index in [1.807, 2.05) is 18.2 Å². The predicted molar refractivity (Wildman–Crippen MR) is 85.9 cm³/mol. The monoisotopic (exact) mass is 310 g/mol. The number of aromatic nitrogens is 2. The summed E-state index contributed by atoms with van der Waals surface area (Å²) in [5.74, 6) is 2.57. The van der Waals surface area contributed by atoms with Crippen molar-refractivity contribution < 1.29 is 9.47 Å². The maximum Gasteiger partial charge on any atom is 0.183 e. The lowest BCUT2D eigenvalue weighted by Crippen LogP contribution is -2.22. The maximum absolute atomic E-state index is 9.19. The van der Waals surface area contributed by atoms with Gasteiger partial charge in [-0.05, 0) is 24.1 Å². The molecule has 2 heterocycles. The van der Waals surface area contributed by atoms with Crippen molar-refractivity contribution in [2.75, 3.05) is 32.2 Å². The highest BCUT2D eigenvalue weighted by atomic mass is 16.5. The zero-order valence-electron chi connectivity index (χ0n) is 13.2. The summed E-state index contributed by atoms with van der Waals surface area (Å²) >= 11 is 0. The van der Waals surface area contributed by atoms with Crippen LogP contribution in [0.4, 0.5) is 5.82 Å². The summed E-state index contributed by atoms with van der Waals surface area (Å²) in [7, 11) is 3.30. The Bertz CT molecular complexity index is 719.